The maximum atomic E-state index is 12.1. The molecule has 1 aromatic carbocycles. The average Bonchev–Trinajstić information content (AvgIpc) is 2.33. The van der Waals surface area contributed by atoms with E-state index in [2.05, 4.69) is 17.0 Å². The predicted molar refractivity (Wildman–Crippen MR) is 75.0 cm³/mol. The van der Waals surface area contributed by atoms with Gasteiger partial charge in [-0.3, -0.25) is 0 Å². The van der Waals surface area contributed by atoms with E-state index in [0.29, 0.717) is 5.69 Å². The van der Waals surface area contributed by atoms with E-state index in [1.807, 2.05) is 6.92 Å². The minimum absolute atomic E-state index is 0.194. The van der Waals surface area contributed by atoms with Crippen LogP contribution in [0.4, 0.5) is 18.9 Å². The molecule has 1 N–H and O–H groups in total. The van der Waals surface area contributed by atoms with E-state index in [0.717, 1.165) is 12.8 Å². The van der Waals surface area contributed by atoms with E-state index in [4.69, 9.17) is 0 Å². The van der Waals surface area contributed by atoms with Crippen LogP contribution in [0.15, 0.2) is 24.3 Å². The van der Waals surface area contributed by atoms with Crippen molar-refractivity contribution in [1.29, 1.82) is 0 Å². The van der Waals surface area contributed by atoms with Crippen LogP contribution < -0.4 is 10.1 Å². The molecule has 1 rings (SSSR count). The van der Waals surface area contributed by atoms with Gasteiger partial charge in [0.2, 0.25) is 0 Å². The fourth-order valence-electron chi connectivity index (χ4n) is 2.02. The van der Waals surface area contributed by atoms with E-state index in [1.165, 1.54) is 31.4 Å². The lowest BCUT2D eigenvalue weighted by molar-refractivity contribution is -0.274. The summed E-state index contributed by atoms with van der Waals surface area (Å²) in [5.41, 5.74) is 0.648. The van der Waals surface area contributed by atoms with Gasteiger partial charge < -0.3 is 10.1 Å². The van der Waals surface area contributed by atoms with Gasteiger partial charge >= 0.3 is 6.36 Å². The Balaban J connectivity index is 2.45. The zero-order valence-electron chi connectivity index (χ0n) is 12.0. The number of hydrogen-bond acceptors (Lipinski definition) is 2. The van der Waals surface area contributed by atoms with Gasteiger partial charge in [0.1, 0.15) is 5.75 Å². The minimum Gasteiger partial charge on any atom is -0.406 e. The van der Waals surface area contributed by atoms with Crippen molar-refractivity contribution < 1.29 is 17.9 Å². The van der Waals surface area contributed by atoms with Gasteiger partial charge in [0.05, 0.1) is 0 Å². The number of rotatable bonds is 8. The zero-order valence-corrected chi connectivity index (χ0v) is 12.0. The number of nitrogens with one attached hydrogen (secondary N) is 1. The van der Waals surface area contributed by atoms with Gasteiger partial charge in [-0.05, 0) is 25.5 Å². The molecule has 114 valence electrons. The lowest BCUT2D eigenvalue weighted by atomic mass is 10.1. The molecule has 5 heteroatoms. The van der Waals surface area contributed by atoms with E-state index in [9.17, 15) is 13.2 Å². The maximum Gasteiger partial charge on any atom is 0.573 e. The van der Waals surface area contributed by atoms with Gasteiger partial charge in [0.15, 0.2) is 0 Å². The second-order valence-corrected chi connectivity index (χ2v) is 4.97. The Morgan fingerprint density at radius 3 is 2.60 bits per heavy atom. The van der Waals surface area contributed by atoms with Crippen LogP contribution in [0.5, 0.6) is 5.75 Å². The Morgan fingerprint density at radius 1 is 1.20 bits per heavy atom. The molecule has 0 aromatic heterocycles. The second-order valence-electron chi connectivity index (χ2n) is 4.97. The molecule has 0 aliphatic carbocycles. The van der Waals surface area contributed by atoms with Crippen molar-refractivity contribution in [1.82, 2.24) is 0 Å². The Hall–Kier alpha value is -1.39. The van der Waals surface area contributed by atoms with Crippen LogP contribution in [-0.4, -0.2) is 12.4 Å². The van der Waals surface area contributed by atoms with Gasteiger partial charge in [-0.25, -0.2) is 0 Å². The lowest BCUT2D eigenvalue weighted by Crippen LogP contribution is -2.18. The molecule has 0 aliphatic heterocycles. The van der Waals surface area contributed by atoms with E-state index in [-0.39, 0.29) is 11.8 Å². The van der Waals surface area contributed by atoms with Gasteiger partial charge in [0.25, 0.3) is 0 Å². The molecule has 0 amide bonds. The molecule has 0 aliphatic rings. The van der Waals surface area contributed by atoms with Crippen LogP contribution in [0.2, 0.25) is 0 Å². The van der Waals surface area contributed by atoms with Crippen LogP contribution in [0.3, 0.4) is 0 Å². The van der Waals surface area contributed by atoms with E-state index in [1.54, 1.807) is 12.1 Å². The summed E-state index contributed by atoms with van der Waals surface area (Å²) in [4.78, 5) is 0. The quantitative estimate of drug-likeness (QED) is 0.651. The number of benzene rings is 1. The van der Waals surface area contributed by atoms with Gasteiger partial charge in [-0.1, -0.05) is 38.7 Å². The molecule has 1 unspecified atom stereocenters. The Kier molecular flexibility index (Phi) is 6.68. The molecule has 20 heavy (non-hydrogen) atoms. The monoisotopic (exact) mass is 289 g/mol. The van der Waals surface area contributed by atoms with E-state index >= 15 is 0 Å². The summed E-state index contributed by atoms with van der Waals surface area (Å²) >= 11 is 0. The third-order valence-corrected chi connectivity index (χ3v) is 2.97. The summed E-state index contributed by atoms with van der Waals surface area (Å²) in [6.07, 6.45) is 1.09. The summed E-state index contributed by atoms with van der Waals surface area (Å²) < 4.78 is 40.3. The van der Waals surface area contributed by atoms with E-state index < -0.39 is 6.36 Å². The Morgan fingerprint density at radius 2 is 1.95 bits per heavy atom. The molecule has 0 saturated heterocycles. The molecular weight excluding hydrogens is 267 g/mol. The topological polar surface area (TPSA) is 21.3 Å². The molecule has 0 bridgehead atoms. The molecule has 0 heterocycles. The SMILES string of the molecule is CCCCCCC(C)Nc1cccc(OC(F)(F)F)c1. The number of ether oxygens (including phenoxy) is 1. The van der Waals surface area contributed by atoms with Crippen molar-refractivity contribution in [3.05, 3.63) is 24.3 Å². The van der Waals surface area contributed by atoms with Crippen molar-refractivity contribution in [2.24, 2.45) is 0 Å². The van der Waals surface area contributed by atoms with Gasteiger partial charge in [-0.2, -0.15) is 0 Å². The predicted octanol–water partition coefficient (Wildman–Crippen LogP) is 5.36. The molecule has 0 spiro atoms. The third-order valence-electron chi connectivity index (χ3n) is 2.97. The van der Waals surface area contributed by atoms with Crippen LogP contribution in [-0.2, 0) is 0 Å². The first-order valence-electron chi connectivity index (χ1n) is 7.03. The number of unbranched alkanes of at least 4 members (excludes halogenated alkanes) is 3. The Bertz CT molecular complexity index is 393. The first-order valence-corrected chi connectivity index (χ1v) is 7.03. The first-order chi connectivity index (χ1) is 9.40. The van der Waals surface area contributed by atoms with Crippen LogP contribution in [0.1, 0.15) is 46.0 Å². The van der Waals surface area contributed by atoms with Crippen LogP contribution >= 0.6 is 0 Å². The molecule has 0 fully saturated rings. The highest BCUT2D eigenvalue weighted by Gasteiger charge is 2.31. The molecular formula is C15H22F3NO. The number of hydrogen-bond donors (Lipinski definition) is 1. The average molecular weight is 289 g/mol. The summed E-state index contributed by atoms with van der Waals surface area (Å²) in [5.74, 6) is -0.194. The van der Waals surface area contributed by atoms with Crippen molar-refractivity contribution in [3.63, 3.8) is 0 Å². The number of alkyl halides is 3. The highest BCUT2D eigenvalue weighted by Crippen LogP contribution is 2.25. The highest BCUT2D eigenvalue weighted by molar-refractivity contribution is 5.48. The summed E-state index contributed by atoms with van der Waals surface area (Å²) in [6, 6.07) is 6.19. The number of anilines is 1. The molecule has 0 radical (unpaired) electrons. The van der Waals surface area contributed by atoms with Crippen molar-refractivity contribution in [3.8, 4) is 5.75 Å². The number of halogens is 3. The van der Waals surface area contributed by atoms with Crippen LogP contribution in [0.25, 0.3) is 0 Å². The molecule has 1 atom stereocenters. The first kappa shape index (κ1) is 16.7. The minimum atomic E-state index is -4.65. The van der Waals surface area contributed by atoms with Gasteiger partial charge in [0, 0.05) is 17.8 Å². The standard InChI is InChI=1S/C15H22F3NO/c1-3-4-5-6-8-12(2)19-13-9-7-10-14(11-13)20-15(16,17)18/h7,9-12,19H,3-6,8H2,1-2H3. The third kappa shape index (κ3) is 7.26. The summed E-state index contributed by atoms with van der Waals surface area (Å²) in [6.45, 7) is 4.19. The molecule has 0 saturated carbocycles. The van der Waals surface area contributed by atoms with Crippen molar-refractivity contribution in [2.75, 3.05) is 5.32 Å². The van der Waals surface area contributed by atoms with Gasteiger partial charge in [-0.15, -0.1) is 13.2 Å². The van der Waals surface area contributed by atoms with Crippen LogP contribution in [0, 0.1) is 0 Å². The fourth-order valence-corrected chi connectivity index (χ4v) is 2.02. The van der Waals surface area contributed by atoms with Crippen molar-refractivity contribution in [2.45, 2.75) is 58.4 Å². The second kappa shape index (κ2) is 8.02. The summed E-state index contributed by atoms with van der Waals surface area (Å²) in [7, 11) is 0. The fraction of sp³-hybridized carbons (Fsp3) is 0.600. The zero-order chi connectivity index (χ0) is 15.0. The Labute approximate surface area is 118 Å². The maximum absolute atomic E-state index is 12.1. The highest BCUT2D eigenvalue weighted by atomic mass is 19.4. The molecule has 2 nitrogen and oxygen atoms in total. The molecule has 1 aromatic rings. The summed E-state index contributed by atoms with van der Waals surface area (Å²) in [5, 5.41) is 3.20. The normalized spacial score (nSPS) is 13.1. The largest absolute Gasteiger partial charge is 0.573 e. The van der Waals surface area contributed by atoms with Crippen molar-refractivity contribution >= 4 is 5.69 Å². The smallest absolute Gasteiger partial charge is 0.406 e. The lowest BCUT2D eigenvalue weighted by Gasteiger charge is -2.16.